The molecule has 0 radical (unpaired) electrons. The molecule has 0 amide bonds. The van der Waals surface area contributed by atoms with E-state index in [0.29, 0.717) is 6.10 Å². The van der Waals surface area contributed by atoms with Crippen LogP contribution in [0.5, 0.6) is 0 Å². The molecule has 0 N–H and O–H groups in total. The average Bonchev–Trinajstić information content (AvgIpc) is 2.94. The van der Waals surface area contributed by atoms with Gasteiger partial charge in [-0.1, -0.05) is 23.9 Å². The lowest BCUT2D eigenvalue weighted by Crippen LogP contribution is -1.87. The summed E-state index contributed by atoms with van der Waals surface area (Å²) in [6.07, 6.45) is 0.479. The van der Waals surface area contributed by atoms with E-state index in [9.17, 15) is 0 Å². The fraction of sp³-hybridized carbons (Fsp3) is 0.300. The molecule has 14 heavy (non-hydrogen) atoms. The second-order valence-corrected chi connectivity index (χ2v) is 5.51. The first-order valence-corrected chi connectivity index (χ1v) is 6.32. The highest BCUT2D eigenvalue weighted by Gasteiger charge is 2.22. The van der Waals surface area contributed by atoms with E-state index in [1.54, 1.807) is 23.1 Å². The summed E-state index contributed by atoms with van der Waals surface area (Å²) >= 11 is 3.56. The van der Waals surface area contributed by atoms with E-state index < -0.39 is 0 Å². The van der Waals surface area contributed by atoms with Gasteiger partial charge in [0.2, 0.25) is 0 Å². The Morgan fingerprint density at radius 1 is 1.50 bits per heavy atom. The van der Waals surface area contributed by atoms with Gasteiger partial charge in [-0.15, -0.1) is 11.3 Å². The smallest absolute Gasteiger partial charge is 0.151 e. The maximum Gasteiger partial charge on any atom is 0.151 e. The zero-order valence-corrected chi connectivity index (χ0v) is 9.11. The van der Waals surface area contributed by atoms with E-state index in [1.807, 2.05) is 6.07 Å². The number of para-hydroxylation sites is 1. The number of thiazole rings is 1. The first-order chi connectivity index (χ1) is 6.92. The Balaban J connectivity index is 1.82. The number of ether oxygens (including phenoxy) is 1. The van der Waals surface area contributed by atoms with Crippen molar-refractivity contribution in [2.24, 2.45) is 0 Å². The van der Waals surface area contributed by atoms with Crippen LogP contribution in [0, 0.1) is 0 Å². The van der Waals surface area contributed by atoms with Crippen molar-refractivity contribution in [3.05, 3.63) is 24.3 Å². The molecule has 2 heterocycles. The van der Waals surface area contributed by atoms with Crippen LogP contribution in [0.1, 0.15) is 0 Å². The zero-order chi connectivity index (χ0) is 9.38. The predicted octanol–water partition coefficient (Wildman–Crippen LogP) is 2.79. The number of epoxide rings is 1. The van der Waals surface area contributed by atoms with Gasteiger partial charge in [0.05, 0.1) is 22.9 Å². The van der Waals surface area contributed by atoms with Gasteiger partial charge in [0.1, 0.15) is 0 Å². The molecule has 4 heteroatoms. The minimum Gasteiger partial charge on any atom is -0.372 e. The number of hydrogen-bond acceptors (Lipinski definition) is 4. The molecule has 0 spiro atoms. The molecule has 1 atom stereocenters. The fourth-order valence-corrected chi connectivity index (χ4v) is 3.33. The van der Waals surface area contributed by atoms with Crippen molar-refractivity contribution in [1.82, 2.24) is 4.98 Å². The molecule has 2 nitrogen and oxygen atoms in total. The number of aromatic nitrogens is 1. The van der Waals surface area contributed by atoms with E-state index in [-0.39, 0.29) is 0 Å². The van der Waals surface area contributed by atoms with E-state index in [1.165, 1.54) is 4.70 Å². The van der Waals surface area contributed by atoms with Crippen LogP contribution in [0.4, 0.5) is 0 Å². The Morgan fingerprint density at radius 3 is 3.14 bits per heavy atom. The monoisotopic (exact) mass is 223 g/mol. The fourth-order valence-electron chi connectivity index (χ4n) is 1.24. The van der Waals surface area contributed by atoms with Gasteiger partial charge in [-0.25, -0.2) is 4.98 Å². The quantitative estimate of drug-likeness (QED) is 0.591. The van der Waals surface area contributed by atoms with Gasteiger partial charge < -0.3 is 4.74 Å². The maximum atomic E-state index is 5.16. The third-order valence-corrected chi connectivity index (χ3v) is 4.38. The molecule has 2 aromatic rings. The summed E-state index contributed by atoms with van der Waals surface area (Å²) in [7, 11) is 0. The highest BCUT2D eigenvalue weighted by Crippen LogP contribution is 2.31. The van der Waals surface area contributed by atoms with Crippen LogP contribution in [0.2, 0.25) is 0 Å². The van der Waals surface area contributed by atoms with Crippen LogP contribution in [0.25, 0.3) is 10.2 Å². The average molecular weight is 223 g/mol. The van der Waals surface area contributed by atoms with E-state index in [0.717, 1.165) is 22.2 Å². The number of rotatable bonds is 3. The molecule has 0 unspecified atom stereocenters. The van der Waals surface area contributed by atoms with Crippen molar-refractivity contribution >= 4 is 33.3 Å². The molecule has 0 saturated carbocycles. The van der Waals surface area contributed by atoms with Crippen LogP contribution in [-0.4, -0.2) is 23.4 Å². The Labute approximate surface area is 90.3 Å². The Morgan fingerprint density at radius 2 is 2.36 bits per heavy atom. The topological polar surface area (TPSA) is 25.4 Å². The molecule has 1 fully saturated rings. The number of thioether (sulfide) groups is 1. The molecule has 3 rings (SSSR count). The first kappa shape index (κ1) is 8.71. The number of fused-ring (bicyclic) bond motifs is 1. The van der Waals surface area contributed by atoms with Gasteiger partial charge in [-0.2, -0.15) is 0 Å². The van der Waals surface area contributed by atoms with Crippen molar-refractivity contribution in [1.29, 1.82) is 0 Å². The summed E-state index contributed by atoms with van der Waals surface area (Å²) in [6, 6.07) is 8.26. The molecule has 1 aromatic carbocycles. The van der Waals surface area contributed by atoms with E-state index in [4.69, 9.17) is 4.74 Å². The standard InChI is InChI=1S/C10H9NOS2/c1-2-4-9-8(3-1)11-10(14-9)13-6-7-5-12-7/h1-4,7H,5-6H2/t7-/m0/s1. The molecule has 1 aromatic heterocycles. The lowest BCUT2D eigenvalue weighted by Gasteiger charge is -1.89. The second kappa shape index (κ2) is 3.53. The number of hydrogen-bond donors (Lipinski definition) is 0. The van der Waals surface area contributed by atoms with Gasteiger partial charge in [0.25, 0.3) is 0 Å². The van der Waals surface area contributed by atoms with E-state index in [2.05, 4.69) is 23.2 Å². The minimum atomic E-state index is 0.479. The summed E-state index contributed by atoms with van der Waals surface area (Å²) in [6.45, 7) is 0.928. The third-order valence-electron chi connectivity index (χ3n) is 2.07. The molecular formula is C10H9NOS2. The molecule has 1 saturated heterocycles. The minimum absolute atomic E-state index is 0.479. The van der Waals surface area contributed by atoms with Crippen LogP contribution in [0.15, 0.2) is 28.6 Å². The van der Waals surface area contributed by atoms with Crippen molar-refractivity contribution in [3.8, 4) is 0 Å². The Kier molecular flexibility index (Phi) is 2.20. The van der Waals surface area contributed by atoms with Gasteiger partial charge in [0.15, 0.2) is 4.34 Å². The summed E-state index contributed by atoms with van der Waals surface area (Å²) in [5.41, 5.74) is 1.11. The van der Waals surface area contributed by atoms with Crippen molar-refractivity contribution in [2.75, 3.05) is 12.4 Å². The van der Waals surface area contributed by atoms with Gasteiger partial charge >= 0.3 is 0 Å². The first-order valence-electron chi connectivity index (χ1n) is 4.52. The van der Waals surface area contributed by atoms with Gasteiger partial charge in [-0.3, -0.25) is 0 Å². The number of nitrogens with zero attached hydrogens (tertiary/aromatic N) is 1. The summed E-state index contributed by atoms with van der Waals surface area (Å²) in [5, 5.41) is 0. The molecule has 1 aliphatic rings. The summed E-state index contributed by atoms with van der Waals surface area (Å²) in [5.74, 6) is 1.04. The van der Waals surface area contributed by atoms with Crippen molar-refractivity contribution < 1.29 is 4.74 Å². The summed E-state index contributed by atoms with van der Waals surface area (Å²) < 4.78 is 7.58. The molecular weight excluding hydrogens is 214 g/mol. The zero-order valence-electron chi connectivity index (χ0n) is 7.47. The highest BCUT2D eigenvalue weighted by atomic mass is 32.2. The van der Waals surface area contributed by atoms with Crippen molar-refractivity contribution in [3.63, 3.8) is 0 Å². The maximum absolute atomic E-state index is 5.16. The van der Waals surface area contributed by atoms with Crippen LogP contribution in [0.3, 0.4) is 0 Å². The lowest BCUT2D eigenvalue weighted by atomic mass is 10.3. The summed E-state index contributed by atoms with van der Waals surface area (Å²) in [4.78, 5) is 4.54. The molecule has 0 bridgehead atoms. The SMILES string of the molecule is c1ccc2sc(SC[C@@H]3CO3)nc2c1. The van der Waals surface area contributed by atoms with Crippen LogP contribution in [-0.2, 0) is 4.74 Å². The normalized spacial score (nSPS) is 20.1. The van der Waals surface area contributed by atoms with E-state index >= 15 is 0 Å². The van der Waals surface area contributed by atoms with Crippen molar-refractivity contribution in [2.45, 2.75) is 10.4 Å². The van der Waals surface area contributed by atoms with Crippen LogP contribution < -0.4 is 0 Å². The largest absolute Gasteiger partial charge is 0.372 e. The number of benzene rings is 1. The lowest BCUT2D eigenvalue weighted by molar-refractivity contribution is 0.426. The molecule has 0 aliphatic carbocycles. The van der Waals surface area contributed by atoms with Crippen LogP contribution >= 0.6 is 23.1 Å². The second-order valence-electron chi connectivity index (χ2n) is 3.21. The molecule has 72 valence electrons. The Bertz CT molecular complexity index is 417. The third kappa shape index (κ3) is 1.78. The predicted molar refractivity (Wildman–Crippen MR) is 60.1 cm³/mol. The highest BCUT2D eigenvalue weighted by molar-refractivity contribution is 8.01. The van der Waals surface area contributed by atoms with Gasteiger partial charge in [-0.05, 0) is 12.1 Å². The Hall–Kier alpha value is -0.580. The molecule has 1 aliphatic heterocycles. The van der Waals surface area contributed by atoms with Gasteiger partial charge in [0, 0.05) is 5.75 Å².